The van der Waals surface area contributed by atoms with Gasteiger partial charge in [-0.05, 0) is 92.1 Å². The zero-order valence-electron chi connectivity index (χ0n) is 13.7. The fourth-order valence-corrected chi connectivity index (χ4v) is 6.65. The molecule has 1 N–H and O–H groups in total. The van der Waals surface area contributed by atoms with E-state index in [0.717, 1.165) is 23.7 Å². The van der Waals surface area contributed by atoms with Crippen LogP contribution in [0.3, 0.4) is 0 Å². The van der Waals surface area contributed by atoms with Gasteiger partial charge in [0, 0.05) is 0 Å². The quantitative estimate of drug-likeness (QED) is 0.763. The highest BCUT2D eigenvalue weighted by molar-refractivity contribution is 5.48. The van der Waals surface area contributed by atoms with Crippen molar-refractivity contribution in [1.29, 1.82) is 0 Å². The number of phenolic OH excluding ortho intramolecular Hbond substituents is 1. The van der Waals surface area contributed by atoms with Gasteiger partial charge in [-0.3, -0.25) is 0 Å². The molecule has 6 atom stereocenters. The molecule has 1 nitrogen and oxygen atoms in total. The number of fused-ring (bicyclic) bond motifs is 4. The van der Waals surface area contributed by atoms with Crippen LogP contribution in [0.2, 0.25) is 0 Å². The zero-order valence-corrected chi connectivity index (χ0v) is 13.7. The van der Waals surface area contributed by atoms with Gasteiger partial charge >= 0.3 is 0 Å². The first kappa shape index (κ1) is 13.5. The monoisotopic (exact) mass is 296 g/mol. The predicted octanol–water partition coefficient (Wildman–Crippen LogP) is 5.51. The second kappa shape index (κ2) is 4.76. The first-order chi connectivity index (χ1) is 10.7. The van der Waals surface area contributed by atoms with Gasteiger partial charge in [0.05, 0.1) is 0 Å². The summed E-state index contributed by atoms with van der Waals surface area (Å²) in [6.07, 6.45) is 11.2. The second-order valence-corrected chi connectivity index (χ2v) is 8.85. The second-order valence-electron chi connectivity index (χ2n) is 8.85. The van der Waals surface area contributed by atoms with Crippen molar-refractivity contribution in [3.63, 3.8) is 0 Å². The maximum Gasteiger partial charge on any atom is 0.122 e. The van der Waals surface area contributed by atoms with Gasteiger partial charge in [0.25, 0.3) is 0 Å². The number of hydrogen-bond donors (Lipinski definition) is 1. The number of aryl methyl sites for hydroxylation is 1. The van der Waals surface area contributed by atoms with Crippen LogP contribution in [0.1, 0.15) is 79.9 Å². The molecule has 5 rings (SSSR count). The number of aromatic hydroxyl groups is 1. The molecule has 0 amide bonds. The van der Waals surface area contributed by atoms with Crippen LogP contribution in [-0.4, -0.2) is 5.11 Å². The number of benzene rings is 1. The third-order valence-electron chi connectivity index (χ3n) is 7.59. The van der Waals surface area contributed by atoms with Crippen molar-refractivity contribution in [2.45, 2.75) is 70.1 Å². The van der Waals surface area contributed by atoms with Crippen LogP contribution in [-0.2, 0) is 0 Å². The summed E-state index contributed by atoms with van der Waals surface area (Å²) in [6, 6.07) is 4.61. The van der Waals surface area contributed by atoms with Crippen molar-refractivity contribution in [3.8, 4) is 5.75 Å². The molecule has 0 spiro atoms. The molecule has 118 valence electrons. The van der Waals surface area contributed by atoms with E-state index >= 15 is 0 Å². The molecule has 4 aliphatic rings. The first-order valence-electron chi connectivity index (χ1n) is 9.52. The summed E-state index contributed by atoms with van der Waals surface area (Å²) in [5, 5.41) is 11.1. The lowest BCUT2D eigenvalue weighted by atomic mass is 9.77. The van der Waals surface area contributed by atoms with Crippen molar-refractivity contribution in [2.75, 3.05) is 0 Å². The van der Waals surface area contributed by atoms with Crippen molar-refractivity contribution < 1.29 is 5.11 Å². The summed E-state index contributed by atoms with van der Waals surface area (Å²) >= 11 is 0. The Morgan fingerprint density at radius 2 is 1.27 bits per heavy atom. The van der Waals surface area contributed by atoms with E-state index in [-0.39, 0.29) is 0 Å². The van der Waals surface area contributed by atoms with Gasteiger partial charge in [0.1, 0.15) is 5.75 Å². The summed E-state index contributed by atoms with van der Waals surface area (Å²) in [7, 11) is 0. The van der Waals surface area contributed by atoms with E-state index in [4.69, 9.17) is 0 Å². The van der Waals surface area contributed by atoms with Crippen LogP contribution in [0, 0.1) is 30.6 Å². The minimum Gasteiger partial charge on any atom is -0.507 e. The van der Waals surface area contributed by atoms with Crippen LogP contribution in [0.15, 0.2) is 12.1 Å². The fraction of sp³-hybridized carbons (Fsp3) is 0.714. The minimum absolute atomic E-state index is 0.649. The molecule has 4 bridgehead atoms. The Morgan fingerprint density at radius 3 is 1.64 bits per heavy atom. The van der Waals surface area contributed by atoms with Gasteiger partial charge in [-0.2, -0.15) is 0 Å². The van der Waals surface area contributed by atoms with Crippen LogP contribution in [0.5, 0.6) is 5.75 Å². The van der Waals surface area contributed by atoms with Crippen LogP contribution in [0.25, 0.3) is 0 Å². The molecule has 1 aromatic rings. The number of phenols is 1. The molecule has 0 aromatic heterocycles. The molecule has 4 fully saturated rings. The van der Waals surface area contributed by atoms with Crippen molar-refractivity contribution in [2.24, 2.45) is 23.7 Å². The highest BCUT2D eigenvalue weighted by atomic mass is 16.3. The maximum atomic E-state index is 11.1. The number of rotatable bonds is 2. The lowest BCUT2D eigenvalue weighted by molar-refractivity contribution is 0.376. The van der Waals surface area contributed by atoms with Crippen molar-refractivity contribution in [3.05, 3.63) is 28.8 Å². The Balaban J connectivity index is 1.53. The molecule has 0 saturated heterocycles. The minimum atomic E-state index is 0.649. The average molecular weight is 296 g/mol. The predicted molar refractivity (Wildman–Crippen MR) is 89.2 cm³/mol. The summed E-state index contributed by atoms with van der Waals surface area (Å²) < 4.78 is 0. The van der Waals surface area contributed by atoms with Gasteiger partial charge in [-0.1, -0.05) is 30.5 Å². The van der Waals surface area contributed by atoms with Gasteiger partial charge < -0.3 is 5.11 Å². The summed E-state index contributed by atoms with van der Waals surface area (Å²) in [4.78, 5) is 0. The van der Waals surface area contributed by atoms with Crippen LogP contribution < -0.4 is 0 Å². The molecule has 0 unspecified atom stereocenters. The van der Waals surface area contributed by atoms with Gasteiger partial charge in [-0.25, -0.2) is 0 Å². The molecule has 0 radical (unpaired) electrons. The summed E-state index contributed by atoms with van der Waals surface area (Å²) in [5.74, 6) is 5.59. The van der Waals surface area contributed by atoms with Gasteiger partial charge in [0.2, 0.25) is 0 Å². The fourth-order valence-electron chi connectivity index (χ4n) is 6.65. The van der Waals surface area contributed by atoms with Crippen molar-refractivity contribution >= 4 is 0 Å². The average Bonchev–Trinajstić information content (AvgIpc) is 3.29. The smallest absolute Gasteiger partial charge is 0.122 e. The Kier molecular flexibility index (Phi) is 2.91. The van der Waals surface area contributed by atoms with E-state index in [9.17, 15) is 5.11 Å². The molecule has 0 aliphatic heterocycles. The first-order valence-corrected chi connectivity index (χ1v) is 9.52. The topological polar surface area (TPSA) is 20.2 Å². The number of hydrogen-bond acceptors (Lipinski definition) is 1. The lowest BCUT2D eigenvalue weighted by Crippen LogP contribution is -2.13. The molecule has 4 aliphatic carbocycles. The van der Waals surface area contributed by atoms with E-state index in [1.165, 1.54) is 68.1 Å². The molecule has 0 heterocycles. The highest BCUT2D eigenvalue weighted by Gasteiger charge is 2.44. The van der Waals surface area contributed by atoms with Gasteiger partial charge in [0.15, 0.2) is 0 Å². The van der Waals surface area contributed by atoms with Crippen molar-refractivity contribution in [1.82, 2.24) is 0 Å². The molecular weight excluding hydrogens is 268 g/mol. The third kappa shape index (κ3) is 1.90. The third-order valence-corrected chi connectivity index (χ3v) is 7.59. The van der Waals surface area contributed by atoms with Crippen LogP contribution >= 0.6 is 0 Å². The van der Waals surface area contributed by atoms with E-state index in [1.807, 2.05) is 0 Å². The summed E-state index contributed by atoms with van der Waals surface area (Å²) in [5.41, 5.74) is 3.99. The molecular formula is C21H28O. The van der Waals surface area contributed by atoms with E-state index < -0.39 is 0 Å². The van der Waals surface area contributed by atoms with Gasteiger partial charge in [-0.15, -0.1) is 0 Å². The molecule has 22 heavy (non-hydrogen) atoms. The maximum absolute atomic E-state index is 11.1. The standard InChI is InChI=1S/C21H28O/c1-12-6-19(17-10-13-2-4-15(17)8-13)21(22)20(7-12)18-11-14-3-5-16(18)9-14/h6-7,13-18,22H,2-5,8-11H2,1H3/t13-,14+,15+,16-,17+,18-. The largest absolute Gasteiger partial charge is 0.507 e. The molecule has 1 heteroatoms. The Bertz CT molecular complexity index is 555. The Morgan fingerprint density at radius 1 is 0.773 bits per heavy atom. The van der Waals surface area contributed by atoms with E-state index in [1.54, 1.807) is 0 Å². The van der Waals surface area contributed by atoms with E-state index in [0.29, 0.717) is 17.6 Å². The lowest BCUT2D eigenvalue weighted by Gasteiger charge is -2.28. The van der Waals surface area contributed by atoms with Crippen LogP contribution in [0.4, 0.5) is 0 Å². The van der Waals surface area contributed by atoms with E-state index in [2.05, 4.69) is 19.1 Å². The normalized spacial score (nSPS) is 42.4. The molecule has 1 aromatic carbocycles. The summed E-state index contributed by atoms with van der Waals surface area (Å²) in [6.45, 7) is 2.23. The Labute approximate surface area is 134 Å². The SMILES string of the molecule is Cc1cc([C@H]2C[C@@H]3CC[C@H]2C3)c(O)c([C@@H]2C[C@H]3CC[C@@H]2C3)c1. The molecule has 4 saturated carbocycles. The highest BCUT2D eigenvalue weighted by Crippen LogP contribution is 2.58. The Hall–Kier alpha value is -0.980. The zero-order chi connectivity index (χ0) is 14.8.